The predicted molar refractivity (Wildman–Crippen MR) is 181 cm³/mol. The van der Waals surface area contributed by atoms with Crippen molar-refractivity contribution in [1.29, 1.82) is 0 Å². The van der Waals surface area contributed by atoms with Crippen LogP contribution in [0.25, 0.3) is 22.2 Å². The molecule has 0 radical (unpaired) electrons. The van der Waals surface area contributed by atoms with E-state index in [0.29, 0.717) is 47.5 Å². The van der Waals surface area contributed by atoms with E-state index in [1.54, 1.807) is 48.7 Å². The molecule has 1 saturated carbocycles. The van der Waals surface area contributed by atoms with Crippen molar-refractivity contribution >= 4 is 50.5 Å². The van der Waals surface area contributed by atoms with Gasteiger partial charge in [-0.3, -0.25) is 9.69 Å². The van der Waals surface area contributed by atoms with Crippen LogP contribution in [0.15, 0.2) is 71.9 Å². The standard InChI is InChI=1S/C34H39ClN6O5S/c1-34(2,3)46-33(43)40-18-10-17-29(40)31(42)37-22-11-9-12-23(19-22)38-32-36-20-27(35)30(39-32)26-21-41(28-16-8-7-15-25(26)28)47(44,45)24-13-5-4-6-14-24/h4-8,13-16,20-23,29H,9-12,17-19H2,1-3H3,(H,37,42)(H,36,38,39)/t22?,23-,29?/m1/s1. The number of ether oxygens (including phenoxy) is 1. The molecule has 4 aromatic rings. The zero-order chi connectivity index (χ0) is 33.3. The summed E-state index contributed by atoms with van der Waals surface area (Å²) >= 11 is 6.63. The summed E-state index contributed by atoms with van der Waals surface area (Å²) in [6.07, 6.45) is 7.17. The number of likely N-dealkylation sites (tertiary alicyclic amines) is 1. The second kappa shape index (κ2) is 13.2. The quantitative estimate of drug-likeness (QED) is 0.235. The first-order valence-corrected chi connectivity index (χ1v) is 17.7. The molecule has 2 aliphatic rings. The Morgan fingerprint density at radius 2 is 1.70 bits per heavy atom. The molecule has 3 atom stereocenters. The third-order valence-corrected chi connectivity index (χ3v) is 10.5. The van der Waals surface area contributed by atoms with E-state index in [9.17, 15) is 18.0 Å². The summed E-state index contributed by atoms with van der Waals surface area (Å²) in [5.74, 6) is 0.196. The van der Waals surface area contributed by atoms with Crippen LogP contribution in [0.3, 0.4) is 0 Å². The van der Waals surface area contributed by atoms with Crippen LogP contribution >= 0.6 is 11.6 Å². The lowest BCUT2D eigenvalue weighted by Crippen LogP contribution is -2.51. The van der Waals surface area contributed by atoms with Crippen molar-refractivity contribution in [2.75, 3.05) is 11.9 Å². The van der Waals surface area contributed by atoms with Crippen molar-refractivity contribution in [3.8, 4) is 11.3 Å². The topological polar surface area (TPSA) is 136 Å². The highest BCUT2D eigenvalue weighted by molar-refractivity contribution is 7.90. The Hall–Kier alpha value is -4.16. The number of rotatable bonds is 7. The minimum absolute atomic E-state index is 0.0200. The number of anilines is 1. The average Bonchev–Trinajstić information content (AvgIpc) is 3.68. The average molecular weight is 679 g/mol. The van der Waals surface area contributed by atoms with Crippen LogP contribution < -0.4 is 10.6 Å². The predicted octanol–water partition coefficient (Wildman–Crippen LogP) is 6.23. The van der Waals surface area contributed by atoms with Crippen LogP contribution in [0.1, 0.15) is 59.3 Å². The van der Waals surface area contributed by atoms with Crippen LogP contribution in [0.2, 0.25) is 5.02 Å². The lowest BCUT2D eigenvalue weighted by molar-refractivity contribution is -0.126. The molecule has 13 heteroatoms. The van der Waals surface area contributed by atoms with E-state index in [0.717, 1.165) is 25.7 Å². The SMILES string of the molecule is CC(C)(C)OC(=O)N1CCCC1C(=O)NC1CCC[C@@H](Nc2ncc(Cl)c(-c3cn(S(=O)(=O)c4ccccc4)c4ccccc34)n2)C1. The minimum atomic E-state index is -3.89. The first kappa shape index (κ1) is 32.8. The van der Waals surface area contributed by atoms with E-state index in [-0.39, 0.29) is 27.9 Å². The van der Waals surface area contributed by atoms with E-state index >= 15 is 0 Å². The van der Waals surface area contributed by atoms with Gasteiger partial charge >= 0.3 is 6.09 Å². The molecule has 2 fully saturated rings. The largest absolute Gasteiger partial charge is 0.444 e. The van der Waals surface area contributed by atoms with Crippen LogP contribution in [0.5, 0.6) is 0 Å². The Bertz CT molecular complexity index is 1890. The summed E-state index contributed by atoms with van der Waals surface area (Å²) < 4.78 is 34.1. The van der Waals surface area contributed by atoms with Crippen LogP contribution in [0, 0.1) is 0 Å². The first-order valence-electron chi connectivity index (χ1n) is 15.9. The number of hydrogen-bond acceptors (Lipinski definition) is 8. The maximum absolute atomic E-state index is 13.6. The van der Waals surface area contributed by atoms with Gasteiger partial charge in [-0.1, -0.05) is 48.0 Å². The van der Waals surface area contributed by atoms with Gasteiger partial charge in [0.2, 0.25) is 11.9 Å². The Balaban J connectivity index is 1.18. The van der Waals surface area contributed by atoms with Gasteiger partial charge in [0, 0.05) is 35.8 Å². The summed E-state index contributed by atoms with van der Waals surface area (Å²) in [7, 11) is -3.89. The Morgan fingerprint density at radius 1 is 0.979 bits per heavy atom. The number of fused-ring (bicyclic) bond motifs is 1. The second-order valence-corrected chi connectivity index (χ2v) is 15.3. The molecule has 0 bridgehead atoms. The van der Waals surface area contributed by atoms with Crippen molar-refractivity contribution in [3.63, 3.8) is 0 Å². The van der Waals surface area contributed by atoms with E-state index in [2.05, 4.69) is 15.6 Å². The molecule has 1 aliphatic heterocycles. The maximum atomic E-state index is 13.6. The maximum Gasteiger partial charge on any atom is 0.410 e. The van der Waals surface area contributed by atoms with Gasteiger partial charge in [0.1, 0.15) is 11.6 Å². The molecule has 2 aromatic heterocycles. The molecule has 11 nitrogen and oxygen atoms in total. The van der Waals surface area contributed by atoms with Crippen molar-refractivity contribution in [2.24, 2.45) is 0 Å². The number of nitrogens with one attached hydrogen (secondary N) is 2. The Labute approximate surface area is 279 Å². The fraction of sp³-hybridized carbons (Fsp3) is 0.412. The van der Waals surface area contributed by atoms with Gasteiger partial charge in [0.25, 0.3) is 10.0 Å². The molecule has 6 rings (SSSR count). The normalized spacial score (nSPS) is 20.3. The van der Waals surface area contributed by atoms with Gasteiger partial charge in [0.15, 0.2) is 0 Å². The van der Waals surface area contributed by atoms with Crippen LogP contribution in [0.4, 0.5) is 10.7 Å². The van der Waals surface area contributed by atoms with E-state index < -0.39 is 27.8 Å². The van der Waals surface area contributed by atoms with E-state index in [1.807, 2.05) is 32.9 Å². The van der Waals surface area contributed by atoms with Gasteiger partial charge in [-0.2, -0.15) is 0 Å². The molecule has 47 heavy (non-hydrogen) atoms. The van der Waals surface area contributed by atoms with Gasteiger partial charge in [-0.15, -0.1) is 0 Å². The van der Waals surface area contributed by atoms with Crippen molar-refractivity contribution in [1.82, 2.24) is 24.2 Å². The molecule has 2 unspecified atom stereocenters. The highest BCUT2D eigenvalue weighted by Gasteiger charge is 2.38. The van der Waals surface area contributed by atoms with Gasteiger partial charge < -0.3 is 15.4 Å². The molecular weight excluding hydrogens is 640 g/mol. The summed E-state index contributed by atoms with van der Waals surface area (Å²) in [6, 6.07) is 14.9. The summed E-state index contributed by atoms with van der Waals surface area (Å²) in [4.78, 5) is 36.9. The fourth-order valence-corrected chi connectivity index (χ4v) is 7.96. The molecular formula is C34H39ClN6O5S. The molecule has 3 heterocycles. The zero-order valence-electron chi connectivity index (χ0n) is 26.6. The van der Waals surface area contributed by atoms with Crippen molar-refractivity contribution < 1.29 is 22.7 Å². The number of benzene rings is 2. The smallest absolute Gasteiger partial charge is 0.410 e. The summed E-state index contributed by atoms with van der Waals surface area (Å²) in [6.45, 7) is 5.93. The summed E-state index contributed by atoms with van der Waals surface area (Å²) in [5.41, 5.74) is 0.847. The monoisotopic (exact) mass is 678 g/mol. The molecule has 2 aromatic carbocycles. The van der Waals surface area contributed by atoms with Crippen molar-refractivity contribution in [2.45, 2.75) is 87.9 Å². The van der Waals surface area contributed by atoms with E-state index in [4.69, 9.17) is 21.3 Å². The third-order valence-electron chi connectivity index (χ3n) is 8.51. The number of hydrogen-bond donors (Lipinski definition) is 2. The van der Waals surface area contributed by atoms with Crippen LogP contribution in [-0.2, 0) is 19.6 Å². The molecule has 248 valence electrons. The second-order valence-electron chi connectivity index (χ2n) is 13.1. The summed E-state index contributed by atoms with van der Waals surface area (Å²) in [5, 5.41) is 7.56. The number of para-hydroxylation sites is 1. The number of carbonyl (C=O) groups excluding carboxylic acids is 2. The highest BCUT2D eigenvalue weighted by Crippen LogP contribution is 2.36. The number of carbonyl (C=O) groups is 2. The zero-order valence-corrected chi connectivity index (χ0v) is 28.2. The van der Waals surface area contributed by atoms with Crippen molar-refractivity contribution in [3.05, 3.63) is 72.0 Å². The van der Waals surface area contributed by atoms with E-state index in [1.165, 1.54) is 15.1 Å². The lowest BCUT2D eigenvalue weighted by Gasteiger charge is -2.32. The third kappa shape index (κ3) is 7.08. The Kier molecular flexibility index (Phi) is 9.17. The number of amides is 2. The Morgan fingerprint density at radius 3 is 2.47 bits per heavy atom. The van der Waals surface area contributed by atoms with Gasteiger partial charge in [0.05, 0.1) is 27.3 Å². The number of aromatic nitrogens is 3. The molecule has 1 aliphatic carbocycles. The number of nitrogens with zero attached hydrogens (tertiary/aromatic N) is 4. The molecule has 1 saturated heterocycles. The lowest BCUT2D eigenvalue weighted by atomic mass is 9.90. The first-order chi connectivity index (χ1) is 22.4. The molecule has 0 spiro atoms. The van der Waals surface area contributed by atoms with Gasteiger partial charge in [-0.25, -0.2) is 27.2 Å². The van der Waals surface area contributed by atoms with Gasteiger partial charge in [-0.05, 0) is 77.5 Å². The minimum Gasteiger partial charge on any atom is -0.444 e. The fourth-order valence-electron chi connectivity index (χ4n) is 6.38. The van der Waals surface area contributed by atoms with Crippen LogP contribution in [-0.4, -0.2) is 69.5 Å². The highest BCUT2D eigenvalue weighted by atomic mass is 35.5. The molecule has 2 N–H and O–H groups in total. The molecule has 2 amide bonds. The number of halogens is 1.